The molecule has 6 heteroatoms. The Hall–Kier alpha value is -1.83. The summed E-state index contributed by atoms with van der Waals surface area (Å²) in [6.45, 7) is 3.71. The van der Waals surface area contributed by atoms with Gasteiger partial charge in [0, 0.05) is 25.3 Å². The molecule has 1 aromatic heterocycles. The van der Waals surface area contributed by atoms with Gasteiger partial charge in [-0.15, -0.1) is 24.0 Å². The minimum atomic E-state index is 0. The average Bonchev–Trinajstić information content (AvgIpc) is 3.28. The Morgan fingerprint density at radius 3 is 2.72 bits per heavy atom. The van der Waals surface area contributed by atoms with Crippen LogP contribution < -0.4 is 10.6 Å². The number of para-hydroxylation sites is 1. The van der Waals surface area contributed by atoms with Gasteiger partial charge in [-0.1, -0.05) is 30.4 Å². The molecule has 0 aliphatic heterocycles. The molecule has 0 bridgehead atoms. The molecule has 0 saturated carbocycles. The molecule has 3 rings (SSSR count). The van der Waals surface area contributed by atoms with E-state index in [1.807, 2.05) is 29.1 Å². The second kappa shape index (κ2) is 10.2. The van der Waals surface area contributed by atoms with Crippen molar-refractivity contribution in [3.05, 3.63) is 60.4 Å². The van der Waals surface area contributed by atoms with E-state index in [1.165, 1.54) is 5.56 Å². The van der Waals surface area contributed by atoms with Gasteiger partial charge in [0.05, 0.1) is 11.9 Å². The predicted molar refractivity (Wildman–Crippen MR) is 114 cm³/mol. The van der Waals surface area contributed by atoms with Gasteiger partial charge in [-0.25, -0.2) is 4.68 Å². The number of nitrogens with zero attached hydrogens (tertiary/aromatic N) is 3. The summed E-state index contributed by atoms with van der Waals surface area (Å²) in [7, 11) is 0. The van der Waals surface area contributed by atoms with Crippen LogP contribution in [-0.2, 0) is 6.42 Å². The molecule has 5 nitrogen and oxygen atoms in total. The average molecular weight is 451 g/mol. The Labute approximate surface area is 166 Å². The second-order valence-electron chi connectivity index (χ2n) is 5.92. The fourth-order valence-corrected chi connectivity index (χ4v) is 2.76. The Kier molecular flexibility index (Phi) is 7.97. The number of guanidine groups is 1. The van der Waals surface area contributed by atoms with Gasteiger partial charge in [0.1, 0.15) is 0 Å². The van der Waals surface area contributed by atoms with Crippen molar-refractivity contribution in [2.24, 2.45) is 4.99 Å². The number of aromatic nitrogens is 2. The molecule has 0 radical (unpaired) electrons. The van der Waals surface area contributed by atoms with E-state index in [0.717, 1.165) is 44.0 Å². The highest BCUT2D eigenvalue weighted by Gasteiger charge is 2.11. The number of halogens is 1. The first-order valence-corrected chi connectivity index (χ1v) is 8.64. The minimum absolute atomic E-state index is 0. The van der Waals surface area contributed by atoms with E-state index < -0.39 is 0 Å². The van der Waals surface area contributed by atoms with Crippen molar-refractivity contribution in [2.75, 3.05) is 13.1 Å². The number of hydrogen-bond donors (Lipinski definition) is 2. The summed E-state index contributed by atoms with van der Waals surface area (Å²) in [5.41, 5.74) is 2.27. The van der Waals surface area contributed by atoms with E-state index >= 15 is 0 Å². The maximum absolute atomic E-state index is 4.68. The Morgan fingerprint density at radius 2 is 2.00 bits per heavy atom. The maximum atomic E-state index is 4.68. The van der Waals surface area contributed by atoms with Gasteiger partial charge in [0.25, 0.3) is 0 Å². The molecule has 2 N–H and O–H groups in total. The van der Waals surface area contributed by atoms with Crippen LogP contribution in [0.1, 0.15) is 25.3 Å². The number of nitrogens with one attached hydrogen (secondary N) is 2. The molecule has 0 unspecified atom stereocenters. The third-order valence-corrected chi connectivity index (χ3v) is 4.02. The van der Waals surface area contributed by atoms with Crippen LogP contribution in [0, 0.1) is 0 Å². The standard InChI is InChI=1S/C19H25N5.HI/c1-2-20-19(23-17-8-6-7-9-17)21-13-12-16-14-22-24(15-16)18-10-4-3-5-11-18;/h3-7,10-11,14-15,17H,2,8-9,12-13H2,1H3,(H2,20,21,23);1H. The Balaban J connectivity index is 0.00000225. The van der Waals surface area contributed by atoms with E-state index in [9.17, 15) is 0 Å². The highest BCUT2D eigenvalue weighted by molar-refractivity contribution is 14.0. The van der Waals surface area contributed by atoms with Crippen molar-refractivity contribution in [2.45, 2.75) is 32.2 Å². The summed E-state index contributed by atoms with van der Waals surface area (Å²) >= 11 is 0. The predicted octanol–water partition coefficient (Wildman–Crippen LogP) is 3.31. The topological polar surface area (TPSA) is 54.2 Å². The first-order valence-electron chi connectivity index (χ1n) is 8.64. The summed E-state index contributed by atoms with van der Waals surface area (Å²) in [5, 5.41) is 11.2. The lowest BCUT2D eigenvalue weighted by molar-refractivity contribution is 0.633. The molecule has 1 heterocycles. The van der Waals surface area contributed by atoms with Crippen molar-refractivity contribution in [1.82, 2.24) is 20.4 Å². The smallest absolute Gasteiger partial charge is 0.191 e. The summed E-state index contributed by atoms with van der Waals surface area (Å²) < 4.78 is 1.91. The molecular weight excluding hydrogens is 425 g/mol. The van der Waals surface area contributed by atoms with E-state index in [0.29, 0.717) is 6.04 Å². The van der Waals surface area contributed by atoms with Crippen LogP contribution in [0.3, 0.4) is 0 Å². The summed E-state index contributed by atoms with van der Waals surface area (Å²) in [5.74, 6) is 0.904. The van der Waals surface area contributed by atoms with Crippen LogP contribution >= 0.6 is 24.0 Å². The second-order valence-corrected chi connectivity index (χ2v) is 5.92. The Morgan fingerprint density at radius 1 is 1.24 bits per heavy atom. The molecule has 0 fully saturated rings. The lowest BCUT2D eigenvalue weighted by Gasteiger charge is -2.16. The first-order chi connectivity index (χ1) is 11.8. The van der Waals surface area contributed by atoms with E-state index in [2.05, 4.69) is 58.1 Å². The number of benzene rings is 1. The first kappa shape index (κ1) is 19.5. The van der Waals surface area contributed by atoms with Crippen LogP contribution in [0.25, 0.3) is 5.69 Å². The summed E-state index contributed by atoms with van der Waals surface area (Å²) in [4.78, 5) is 4.68. The van der Waals surface area contributed by atoms with Crippen LogP contribution in [-0.4, -0.2) is 34.9 Å². The normalized spacial score (nSPS) is 14.4. The van der Waals surface area contributed by atoms with Crippen molar-refractivity contribution in [3.63, 3.8) is 0 Å². The molecule has 0 atom stereocenters. The van der Waals surface area contributed by atoms with Gasteiger partial charge in [0.2, 0.25) is 0 Å². The summed E-state index contributed by atoms with van der Waals surface area (Å²) in [6.07, 6.45) is 11.5. The zero-order valence-electron chi connectivity index (χ0n) is 14.6. The minimum Gasteiger partial charge on any atom is -0.357 e. The molecule has 0 amide bonds. The highest BCUT2D eigenvalue weighted by atomic mass is 127. The van der Waals surface area contributed by atoms with Crippen molar-refractivity contribution >= 4 is 29.9 Å². The molecule has 134 valence electrons. The number of aliphatic imine (C=N–C) groups is 1. The lowest BCUT2D eigenvalue weighted by atomic mass is 10.2. The molecule has 1 aliphatic carbocycles. The number of rotatable bonds is 6. The van der Waals surface area contributed by atoms with Crippen molar-refractivity contribution in [3.8, 4) is 5.69 Å². The highest BCUT2D eigenvalue weighted by Crippen LogP contribution is 2.09. The zero-order chi connectivity index (χ0) is 16.6. The SMILES string of the molecule is CCNC(=NCCc1cnn(-c2ccccc2)c1)NC1CC=CC1.I. The molecule has 0 spiro atoms. The molecule has 25 heavy (non-hydrogen) atoms. The summed E-state index contributed by atoms with van der Waals surface area (Å²) in [6, 6.07) is 10.6. The van der Waals surface area contributed by atoms with Crippen molar-refractivity contribution in [1.29, 1.82) is 0 Å². The fraction of sp³-hybridized carbons (Fsp3) is 0.368. The third kappa shape index (κ3) is 5.88. The third-order valence-electron chi connectivity index (χ3n) is 4.02. The fourth-order valence-electron chi connectivity index (χ4n) is 2.76. The van der Waals surface area contributed by atoms with Gasteiger partial charge in [0.15, 0.2) is 5.96 Å². The van der Waals surface area contributed by atoms with Crippen LogP contribution in [0.2, 0.25) is 0 Å². The maximum Gasteiger partial charge on any atom is 0.191 e. The van der Waals surface area contributed by atoms with E-state index in [-0.39, 0.29) is 24.0 Å². The molecule has 0 saturated heterocycles. The largest absolute Gasteiger partial charge is 0.357 e. The molecule has 1 aromatic carbocycles. The quantitative estimate of drug-likeness (QED) is 0.307. The molecule has 2 aromatic rings. The molecular formula is C19H26IN5. The van der Waals surface area contributed by atoms with Crippen LogP contribution in [0.4, 0.5) is 0 Å². The lowest BCUT2D eigenvalue weighted by Crippen LogP contribution is -2.42. The van der Waals surface area contributed by atoms with Crippen LogP contribution in [0.5, 0.6) is 0 Å². The van der Waals surface area contributed by atoms with Gasteiger partial charge >= 0.3 is 0 Å². The Bertz CT molecular complexity index is 685. The zero-order valence-corrected chi connectivity index (χ0v) is 16.9. The van der Waals surface area contributed by atoms with Crippen LogP contribution in [0.15, 0.2) is 59.9 Å². The van der Waals surface area contributed by atoms with E-state index in [1.54, 1.807) is 0 Å². The monoisotopic (exact) mass is 451 g/mol. The molecule has 1 aliphatic rings. The van der Waals surface area contributed by atoms with Gasteiger partial charge in [-0.05, 0) is 43.9 Å². The van der Waals surface area contributed by atoms with Gasteiger partial charge in [-0.2, -0.15) is 5.10 Å². The van der Waals surface area contributed by atoms with Gasteiger partial charge in [-0.3, -0.25) is 4.99 Å². The van der Waals surface area contributed by atoms with E-state index in [4.69, 9.17) is 0 Å². The van der Waals surface area contributed by atoms with Crippen molar-refractivity contribution < 1.29 is 0 Å². The number of hydrogen-bond acceptors (Lipinski definition) is 2. The van der Waals surface area contributed by atoms with Gasteiger partial charge < -0.3 is 10.6 Å².